The van der Waals surface area contributed by atoms with E-state index in [1.807, 2.05) is 0 Å². The van der Waals surface area contributed by atoms with Gasteiger partial charge in [-0.15, -0.1) is 10.2 Å². The first-order chi connectivity index (χ1) is 7.22. The Kier molecular flexibility index (Phi) is 2.84. The number of fused-ring (bicyclic) bond motifs is 1. The Labute approximate surface area is 89.7 Å². The summed E-state index contributed by atoms with van der Waals surface area (Å²) < 4.78 is 2.13. The molecule has 0 saturated heterocycles. The maximum atomic E-state index is 10.9. The molecule has 0 saturated carbocycles. The lowest BCUT2D eigenvalue weighted by molar-refractivity contribution is -0.109. The van der Waals surface area contributed by atoms with Crippen LogP contribution in [-0.4, -0.2) is 21.1 Å². The van der Waals surface area contributed by atoms with Gasteiger partial charge in [0.1, 0.15) is 17.9 Å². The first kappa shape index (κ1) is 10.3. The van der Waals surface area contributed by atoms with E-state index in [0.29, 0.717) is 5.92 Å². The van der Waals surface area contributed by atoms with Crippen LogP contribution in [0.15, 0.2) is 0 Å². The topological polar surface area (TPSA) is 47.8 Å². The van der Waals surface area contributed by atoms with E-state index in [2.05, 4.69) is 28.6 Å². The fourth-order valence-corrected chi connectivity index (χ4v) is 2.11. The van der Waals surface area contributed by atoms with Crippen LogP contribution < -0.4 is 0 Å². The molecule has 82 valence electrons. The molecule has 0 aromatic carbocycles. The second-order valence-electron chi connectivity index (χ2n) is 4.61. The number of hydrogen-bond acceptors (Lipinski definition) is 3. The van der Waals surface area contributed by atoms with Crippen molar-refractivity contribution < 1.29 is 4.79 Å². The Morgan fingerprint density at radius 2 is 2.33 bits per heavy atom. The summed E-state index contributed by atoms with van der Waals surface area (Å²) in [6.45, 7) is 5.30. The molecule has 0 fully saturated rings. The number of carbonyl (C=O) groups is 1. The van der Waals surface area contributed by atoms with Crippen LogP contribution in [0.2, 0.25) is 0 Å². The molecule has 0 N–H and O–H groups in total. The van der Waals surface area contributed by atoms with Gasteiger partial charge in [-0.3, -0.25) is 0 Å². The largest absolute Gasteiger partial charge is 0.314 e. The monoisotopic (exact) mass is 207 g/mol. The third-order valence-electron chi connectivity index (χ3n) is 2.84. The van der Waals surface area contributed by atoms with E-state index >= 15 is 0 Å². The van der Waals surface area contributed by atoms with E-state index in [0.717, 1.165) is 43.7 Å². The number of aldehydes is 1. The van der Waals surface area contributed by atoms with Crippen LogP contribution in [-0.2, 0) is 17.8 Å². The van der Waals surface area contributed by atoms with Crippen LogP contribution in [0.3, 0.4) is 0 Å². The average Bonchev–Trinajstić information content (AvgIpc) is 2.61. The Balaban J connectivity index is 2.29. The van der Waals surface area contributed by atoms with Crippen molar-refractivity contribution in [3.63, 3.8) is 0 Å². The van der Waals surface area contributed by atoms with Gasteiger partial charge in [0.2, 0.25) is 0 Å². The van der Waals surface area contributed by atoms with Gasteiger partial charge >= 0.3 is 0 Å². The van der Waals surface area contributed by atoms with Crippen LogP contribution in [0.1, 0.15) is 44.3 Å². The molecular formula is C11H17N3O. The summed E-state index contributed by atoms with van der Waals surface area (Å²) in [7, 11) is 0. The molecule has 0 radical (unpaired) electrons. The SMILES string of the molecule is CC(C)Cc1nnc2n1CCCC2C=O. The molecule has 1 aromatic rings. The molecule has 1 aromatic heterocycles. The van der Waals surface area contributed by atoms with E-state index < -0.39 is 0 Å². The summed E-state index contributed by atoms with van der Waals surface area (Å²) in [6, 6.07) is 0. The van der Waals surface area contributed by atoms with Crippen molar-refractivity contribution in [2.24, 2.45) is 5.92 Å². The van der Waals surface area contributed by atoms with Crippen LogP contribution in [0.5, 0.6) is 0 Å². The molecule has 15 heavy (non-hydrogen) atoms. The third-order valence-corrected chi connectivity index (χ3v) is 2.84. The van der Waals surface area contributed by atoms with Crippen LogP contribution >= 0.6 is 0 Å². The van der Waals surface area contributed by atoms with Crippen molar-refractivity contribution in [1.29, 1.82) is 0 Å². The minimum Gasteiger partial charge on any atom is -0.314 e. The standard InChI is InChI=1S/C11H17N3O/c1-8(2)6-10-12-13-11-9(7-15)4-3-5-14(10)11/h7-9H,3-6H2,1-2H3. The summed E-state index contributed by atoms with van der Waals surface area (Å²) in [5.74, 6) is 2.44. The number of hydrogen-bond donors (Lipinski definition) is 0. The predicted octanol–water partition coefficient (Wildman–Crippen LogP) is 1.55. The zero-order valence-electron chi connectivity index (χ0n) is 9.31. The summed E-state index contributed by atoms with van der Waals surface area (Å²) >= 11 is 0. The van der Waals surface area contributed by atoms with Crippen LogP contribution in [0, 0.1) is 5.92 Å². The molecule has 1 aliphatic heterocycles. The highest BCUT2D eigenvalue weighted by molar-refractivity contribution is 5.60. The average molecular weight is 207 g/mol. The lowest BCUT2D eigenvalue weighted by atomic mass is 10.0. The summed E-state index contributed by atoms with van der Waals surface area (Å²) in [5, 5.41) is 8.33. The summed E-state index contributed by atoms with van der Waals surface area (Å²) in [6.07, 6.45) is 3.92. The molecule has 0 bridgehead atoms. The molecule has 0 amide bonds. The van der Waals surface area contributed by atoms with E-state index in [-0.39, 0.29) is 5.92 Å². The minimum absolute atomic E-state index is 0.0350. The first-order valence-corrected chi connectivity index (χ1v) is 5.59. The minimum atomic E-state index is -0.0350. The molecule has 1 unspecified atom stereocenters. The highest BCUT2D eigenvalue weighted by atomic mass is 16.1. The number of nitrogens with zero attached hydrogens (tertiary/aromatic N) is 3. The van der Waals surface area contributed by atoms with Gasteiger partial charge in [0.15, 0.2) is 0 Å². The van der Waals surface area contributed by atoms with Crippen molar-refractivity contribution in [1.82, 2.24) is 14.8 Å². The fourth-order valence-electron chi connectivity index (χ4n) is 2.11. The number of carbonyl (C=O) groups excluding carboxylic acids is 1. The normalized spacial score (nSPS) is 20.3. The fraction of sp³-hybridized carbons (Fsp3) is 0.727. The first-order valence-electron chi connectivity index (χ1n) is 5.59. The summed E-state index contributed by atoms with van der Waals surface area (Å²) in [4.78, 5) is 10.9. The van der Waals surface area contributed by atoms with Gasteiger partial charge in [-0.1, -0.05) is 13.8 Å². The molecule has 4 nitrogen and oxygen atoms in total. The van der Waals surface area contributed by atoms with E-state index in [1.165, 1.54) is 0 Å². The van der Waals surface area contributed by atoms with E-state index in [4.69, 9.17) is 0 Å². The van der Waals surface area contributed by atoms with Crippen molar-refractivity contribution in [3.05, 3.63) is 11.6 Å². The van der Waals surface area contributed by atoms with E-state index in [9.17, 15) is 4.79 Å². The molecule has 0 aliphatic carbocycles. The second kappa shape index (κ2) is 4.13. The lowest BCUT2D eigenvalue weighted by Gasteiger charge is -2.19. The molecule has 1 aliphatic rings. The van der Waals surface area contributed by atoms with Crippen LogP contribution in [0.25, 0.3) is 0 Å². The van der Waals surface area contributed by atoms with Gasteiger partial charge in [-0.25, -0.2) is 0 Å². The Morgan fingerprint density at radius 1 is 1.53 bits per heavy atom. The molecule has 1 atom stereocenters. The maximum Gasteiger partial charge on any atom is 0.143 e. The second-order valence-corrected chi connectivity index (χ2v) is 4.61. The van der Waals surface area contributed by atoms with Gasteiger partial charge in [0.25, 0.3) is 0 Å². The maximum absolute atomic E-state index is 10.9. The molecule has 2 rings (SSSR count). The van der Waals surface area contributed by atoms with Gasteiger partial charge in [0, 0.05) is 13.0 Å². The van der Waals surface area contributed by atoms with Crippen molar-refractivity contribution in [2.45, 2.75) is 45.6 Å². The van der Waals surface area contributed by atoms with Gasteiger partial charge in [0.05, 0.1) is 5.92 Å². The lowest BCUT2D eigenvalue weighted by Crippen LogP contribution is -2.19. The predicted molar refractivity (Wildman–Crippen MR) is 56.6 cm³/mol. The smallest absolute Gasteiger partial charge is 0.143 e. The zero-order chi connectivity index (χ0) is 10.8. The van der Waals surface area contributed by atoms with Crippen LogP contribution in [0.4, 0.5) is 0 Å². The third kappa shape index (κ3) is 1.94. The molecular weight excluding hydrogens is 190 g/mol. The Hall–Kier alpha value is -1.19. The number of rotatable bonds is 3. The van der Waals surface area contributed by atoms with E-state index in [1.54, 1.807) is 0 Å². The number of aromatic nitrogens is 3. The Morgan fingerprint density at radius 3 is 3.00 bits per heavy atom. The molecule has 4 heteroatoms. The van der Waals surface area contributed by atoms with Crippen molar-refractivity contribution in [2.75, 3.05) is 0 Å². The molecule has 0 spiro atoms. The quantitative estimate of drug-likeness (QED) is 0.706. The van der Waals surface area contributed by atoms with Gasteiger partial charge in [-0.05, 0) is 18.8 Å². The van der Waals surface area contributed by atoms with Crippen molar-refractivity contribution >= 4 is 6.29 Å². The van der Waals surface area contributed by atoms with Gasteiger partial charge in [-0.2, -0.15) is 0 Å². The highest BCUT2D eigenvalue weighted by Gasteiger charge is 2.24. The molecule has 2 heterocycles. The van der Waals surface area contributed by atoms with Crippen molar-refractivity contribution in [3.8, 4) is 0 Å². The summed E-state index contributed by atoms with van der Waals surface area (Å²) in [5.41, 5.74) is 0. The van der Waals surface area contributed by atoms with Gasteiger partial charge < -0.3 is 9.36 Å². The zero-order valence-corrected chi connectivity index (χ0v) is 9.31. The highest BCUT2D eigenvalue weighted by Crippen LogP contribution is 2.25. The Bertz CT molecular complexity index is 357.